The Morgan fingerprint density at radius 3 is 2.15 bits per heavy atom. The molecule has 1 amide bonds. The molecule has 0 N–H and O–H groups in total. The Bertz CT molecular complexity index is 814. The molecule has 1 saturated heterocycles. The summed E-state index contributed by atoms with van der Waals surface area (Å²) in [6, 6.07) is 19.5. The van der Waals surface area contributed by atoms with Gasteiger partial charge in [0.1, 0.15) is 6.61 Å². The monoisotopic (exact) mass is 349 g/mol. The number of rotatable bonds is 5. The quantitative estimate of drug-likeness (QED) is 0.612. The van der Waals surface area contributed by atoms with E-state index in [1.165, 1.54) is 0 Å². The smallest absolute Gasteiger partial charge is 0.322 e. The maximum atomic E-state index is 13.2. The third-order valence-electron chi connectivity index (χ3n) is 5.96. The fraction of sp³-hybridized carbons (Fsp3) is 0.364. The molecule has 1 spiro atoms. The van der Waals surface area contributed by atoms with Crippen molar-refractivity contribution in [1.29, 1.82) is 0 Å². The minimum Gasteiger partial charge on any atom is -0.460 e. The topological polar surface area (TPSA) is 46.6 Å². The van der Waals surface area contributed by atoms with Gasteiger partial charge in [-0.05, 0) is 30.9 Å². The Kier molecular flexibility index (Phi) is 4.06. The molecular formula is C22H23NO3. The average Bonchev–Trinajstić information content (AvgIpc) is 3.43. The van der Waals surface area contributed by atoms with Crippen LogP contribution in [0.5, 0.6) is 0 Å². The molecule has 1 unspecified atom stereocenters. The van der Waals surface area contributed by atoms with Crippen LogP contribution in [-0.4, -0.2) is 23.3 Å². The minimum absolute atomic E-state index is 0.100. The van der Waals surface area contributed by atoms with Crippen LogP contribution in [0.25, 0.3) is 0 Å². The van der Waals surface area contributed by atoms with Crippen LogP contribution in [0.2, 0.25) is 0 Å². The highest BCUT2D eigenvalue weighted by Gasteiger charge is 2.71. The van der Waals surface area contributed by atoms with Crippen LogP contribution >= 0.6 is 0 Å². The van der Waals surface area contributed by atoms with Gasteiger partial charge in [0, 0.05) is 18.5 Å². The van der Waals surface area contributed by atoms with Gasteiger partial charge in [-0.2, -0.15) is 0 Å². The molecule has 1 aliphatic carbocycles. The van der Waals surface area contributed by atoms with Gasteiger partial charge in [0.05, 0.1) is 0 Å². The zero-order chi connectivity index (χ0) is 18.2. The molecule has 2 aromatic rings. The number of nitrogens with zero attached hydrogens (tertiary/aromatic N) is 1. The summed E-state index contributed by atoms with van der Waals surface area (Å²) in [4.78, 5) is 27.9. The Balaban J connectivity index is 1.50. The highest BCUT2D eigenvalue weighted by molar-refractivity contribution is 6.05. The van der Waals surface area contributed by atoms with Gasteiger partial charge in [-0.15, -0.1) is 0 Å². The number of carbonyl (C=O) groups excluding carboxylic acids is 2. The van der Waals surface area contributed by atoms with Crippen LogP contribution in [0, 0.1) is 10.8 Å². The van der Waals surface area contributed by atoms with Crippen molar-refractivity contribution >= 4 is 11.9 Å². The van der Waals surface area contributed by atoms with Crippen LogP contribution in [0.15, 0.2) is 60.7 Å². The highest BCUT2D eigenvalue weighted by Crippen LogP contribution is 2.64. The van der Waals surface area contributed by atoms with Gasteiger partial charge in [0.25, 0.3) is 0 Å². The van der Waals surface area contributed by atoms with E-state index in [2.05, 4.69) is 0 Å². The summed E-state index contributed by atoms with van der Waals surface area (Å²) < 4.78 is 5.57. The zero-order valence-corrected chi connectivity index (χ0v) is 15.0. The van der Waals surface area contributed by atoms with E-state index in [0.29, 0.717) is 13.1 Å². The summed E-state index contributed by atoms with van der Waals surface area (Å²) >= 11 is 0. The second kappa shape index (κ2) is 6.27. The van der Waals surface area contributed by atoms with Gasteiger partial charge in [-0.25, -0.2) is 0 Å². The van der Waals surface area contributed by atoms with Gasteiger partial charge in [0.15, 0.2) is 5.41 Å². The Hall–Kier alpha value is -2.62. The summed E-state index contributed by atoms with van der Waals surface area (Å²) in [5, 5.41) is 0. The van der Waals surface area contributed by atoms with Gasteiger partial charge in [-0.3, -0.25) is 9.59 Å². The van der Waals surface area contributed by atoms with Gasteiger partial charge in [-0.1, -0.05) is 60.7 Å². The van der Waals surface area contributed by atoms with Crippen LogP contribution in [0.3, 0.4) is 0 Å². The van der Waals surface area contributed by atoms with E-state index < -0.39 is 5.41 Å². The third-order valence-corrected chi connectivity index (χ3v) is 5.96. The summed E-state index contributed by atoms with van der Waals surface area (Å²) in [6.45, 7) is 3.17. The van der Waals surface area contributed by atoms with Crippen molar-refractivity contribution in [3.63, 3.8) is 0 Å². The molecule has 1 heterocycles. The Morgan fingerprint density at radius 1 is 1.00 bits per heavy atom. The summed E-state index contributed by atoms with van der Waals surface area (Å²) in [7, 11) is 0. The molecular weight excluding hydrogens is 326 g/mol. The molecule has 134 valence electrons. The van der Waals surface area contributed by atoms with Crippen molar-refractivity contribution in [3.05, 3.63) is 71.8 Å². The molecule has 0 radical (unpaired) electrons. The number of amides is 1. The molecule has 2 fully saturated rings. The fourth-order valence-corrected chi connectivity index (χ4v) is 4.05. The van der Waals surface area contributed by atoms with E-state index in [1.54, 1.807) is 6.92 Å². The summed E-state index contributed by atoms with van der Waals surface area (Å²) in [5.41, 5.74) is 0.683. The Morgan fingerprint density at radius 2 is 1.58 bits per heavy atom. The number of carbonyl (C=O) groups is 2. The summed E-state index contributed by atoms with van der Waals surface area (Å²) in [5.74, 6) is -0.490. The molecule has 4 heteroatoms. The Labute approximate surface area is 153 Å². The molecule has 2 aliphatic rings. The predicted octanol–water partition coefficient (Wildman–Crippen LogP) is 3.56. The van der Waals surface area contributed by atoms with E-state index in [1.807, 2.05) is 65.6 Å². The van der Waals surface area contributed by atoms with Crippen molar-refractivity contribution in [2.75, 3.05) is 6.54 Å². The average molecular weight is 349 g/mol. The highest BCUT2D eigenvalue weighted by atomic mass is 16.5. The minimum atomic E-state index is -1.07. The lowest BCUT2D eigenvalue weighted by Gasteiger charge is -2.26. The van der Waals surface area contributed by atoms with Crippen LogP contribution in [0.4, 0.5) is 0 Å². The van der Waals surface area contributed by atoms with Crippen molar-refractivity contribution in [2.24, 2.45) is 10.8 Å². The first-order valence-corrected chi connectivity index (χ1v) is 9.10. The first kappa shape index (κ1) is 16.8. The van der Waals surface area contributed by atoms with Crippen LogP contribution in [0.1, 0.15) is 30.9 Å². The van der Waals surface area contributed by atoms with E-state index in [0.717, 1.165) is 24.0 Å². The SMILES string of the molecule is CC1(C(=O)OCc2ccccc2)C(=O)N(Cc2ccccc2)CC12CC2. The number of benzene rings is 2. The maximum Gasteiger partial charge on any atom is 0.322 e. The van der Waals surface area contributed by atoms with Crippen LogP contribution < -0.4 is 0 Å². The lowest BCUT2D eigenvalue weighted by atomic mass is 9.76. The van der Waals surface area contributed by atoms with E-state index >= 15 is 0 Å². The zero-order valence-electron chi connectivity index (χ0n) is 15.0. The molecule has 1 atom stereocenters. The molecule has 2 aromatic carbocycles. The largest absolute Gasteiger partial charge is 0.460 e. The van der Waals surface area contributed by atoms with Gasteiger partial charge < -0.3 is 9.64 Å². The van der Waals surface area contributed by atoms with Crippen LogP contribution in [-0.2, 0) is 27.5 Å². The van der Waals surface area contributed by atoms with Crippen molar-refractivity contribution in [1.82, 2.24) is 4.90 Å². The van der Waals surface area contributed by atoms with Crippen molar-refractivity contribution < 1.29 is 14.3 Å². The second-order valence-electron chi connectivity index (χ2n) is 7.61. The van der Waals surface area contributed by atoms with Crippen molar-refractivity contribution in [3.8, 4) is 0 Å². The predicted molar refractivity (Wildman–Crippen MR) is 97.9 cm³/mol. The normalized spacial score (nSPS) is 23.3. The second-order valence-corrected chi connectivity index (χ2v) is 7.61. The number of hydrogen-bond donors (Lipinski definition) is 0. The number of hydrogen-bond acceptors (Lipinski definition) is 3. The molecule has 4 nitrogen and oxygen atoms in total. The number of esters is 1. The molecule has 26 heavy (non-hydrogen) atoms. The summed E-state index contributed by atoms with van der Waals surface area (Å²) in [6.07, 6.45) is 1.81. The van der Waals surface area contributed by atoms with Crippen molar-refractivity contribution in [2.45, 2.75) is 32.9 Å². The van der Waals surface area contributed by atoms with E-state index in [-0.39, 0.29) is 23.9 Å². The van der Waals surface area contributed by atoms with Gasteiger partial charge >= 0.3 is 5.97 Å². The maximum absolute atomic E-state index is 13.2. The molecule has 0 aromatic heterocycles. The molecule has 1 saturated carbocycles. The van der Waals surface area contributed by atoms with Gasteiger partial charge in [0.2, 0.25) is 5.91 Å². The third kappa shape index (κ3) is 2.70. The first-order valence-electron chi connectivity index (χ1n) is 9.10. The number of ether oxygens (including phenoxy) is 1. The van der Waals surface area contributed by atoms with E-state index in [9.17, 15) is 9.59 Å². The molecule has 4 rings (SSSR count). The number of likely N-dealkylation sites (tertiary alicyclic amines) is 1. The molecule has 0 bridgehead atoms. The van der Waals surface area contributed by atoms with E-state index in [4.69, 9.17) is 4.74 Å². The molecule has 1 aliphatic heterocycles. The lowest BCUT2D eigenvalue weighted by Crippen LogP contribution is -2.42. The fourth-order valence-electron chi connectivity index (χ4n) is 4.05. The standard InChI is InChI=1S/C22H23NO3/c1-21(20(25)26-15-18-10-6-3-7-11-18)19(24)23(16-22(21)12-13-22)14-17-8-4-2-5-9-17/h2-11H,12-16H2,1H3. The first-order chi connectivity index (χ1) is 12.6. The lowest BCUT2D eigenvalue weighted by molar-refractivity contribution is -0.164.